The molecule has 1 aromatic heterocycles. The molecule has 0 aliphatic carbocycles. The van der Waals surface area contributed by atoms with Gasteiger partial charge in [-0.25, -0.2) is 4.79 Å². The average molecular weight is 321 g/mol. The van der Waals surface area contributed by atoms with Gasteiger partial charge >= 0.3 is 5.63 Å². The summed E-state index contributed by atoms with van der Waals surface area (Å²) in [5, 5.41) is 5.72. The topological polar surface area (TPSA) is 51.5 Å². The highest BCUT2D eigenvalue weighted by molar-refractivity contribution is 6.13. The van der Waals surface area contributed by atoms with Crippen LogP contribution >= 0.6 is 0 Å². The zero-order chi connectivity index (χ0) is 17.1. The van der Waals surface area contributed by atoms with Crippen LogP contribution in [-0.2, 0) is 0 Å². The normalized spacial score (nSPS) is 15.8. The van der Waals surface area contributed by atoms with Gasteiger partial charge in [0, 0.05) is 28.1 Å². The summed E-state index contributed by atoms with van der Waals surface area (Å²) in [6.07, 6.45) is 2.13. The Morgan fingerprint density at radius 1 is 1.17 bits per heavy atom. The van der Waals surface area contributed by atoms with E-state index in [0.717, 1.165) is 27.6 Å². The Labute approximate surface area is 139 Å². The van der Waals surface area contributed by atoms with Gasteiger partial charge in [-0.15, -0.1) is 0 Å². The van der Waals surface area contributed by atoms with Crippen molar-refractivity contribution in [2.75, 3.05) is 12.4 Å². The molecule has 2 heterocycles. The number of anilines is 1. The van der Waals surface area contributed by atoms with E-state index in [2.05, 4.69) is 25.2 Å². The molecule has 2 aromatic carbocycles. The summed E-state index contributed by atoms with van der Waals surface area (Å²) in [5.74, 6) is 0.672. The molecule has 4 rings (SSSR count). The number of nitrogens with one attached hydrogen (secondary N) is 1. The lowest BCUT2D eigenvalue weighted by atomic mass is 9.88. The lowest BCUT2D eigenvalue weighted by Crippen LogP contribution is -2.31. The molecule has 0 atom stereocenters. The maximum absolute atomic E-state index is 12.8. The van der Waals surface area contributed by atoms with Gasteiger partial charge in [-0.2, -0.15) is 0 Å². The van der Waals surface area contributed by atoms with Crippen LogP contribution in [-0.4, -0.2) is 12.6 Å². The quantitative estimate of drug-likeness (QED) is 0.527. The number of hydrogen-bond donors (Lipinski definition) is 1. The molecule has 3 aromatic rings. The minimum Gasteiger partial charge on any atom is -0.496 e. The van der Waals surface area contributed by atoms with Gasteiger partial charge in [-0.1, -0.05) is 24.3 Å². The number of hydrogen-bond acceptors (Lipinski definition) is 4. The number of allylic oxidation sites excluding steroid dienone is 1. The summed E-state index contributed by atoms with van der Waals surface area (Å²) in [7, 11) is 1.63. The van der Waals surface area contributed by atoms with Gasteiger partial charge in [0.15, 0.2) is 0 Å². The molecule has 0 spiro atoms. The molecule has 4 nitrogen and oxygen atoms in total. The summed E-state index contributed by atoms with van der Waals surface area (Å²) in [6, 6.07) is 9.53. The molecule has 1 aliphatic heterocycles. The highest BCUT2D eigenvalue weighted by atomic mass is 16.5. The molecule has 4 heteroatoms. The Balaban J connectivity index is 2.26. The molecule has 0 amide bonds. The molecule has 122 valence electrons. The Bertz CT molecular complexity index is 1070. The summed E-state index contributed by atoms with van der Waals surface area (Å²) in [5.41, 5.74) is 2.89. The van der Waals surface area contributed by atoms with Crippen molar-refractivity contribution in [1.82, 2.24) is 0 Å². The number of rotatable bonds is 1. The highest BCUT2D eigenvalue weighted by Gasteiger charge is 2.27. The van der Waals surface area contributed by atoms with Gasteiger partial charge in [0.2, 0.25) is 0 Å². The van der Waals surface area contributed by atoms with Crippen molar-refractivity contribution in [3.05, 3.63) is 52.4 Å². The summed E-state index contributed by atoms with van der Waals surface area (Å²) in [4.78, 5) is 12.8. The zero-order valence-corrected chi connectivity index (χ0v) is 14.2. The molecule has 0 bridgehead atoms. The van der Waals surface area contributed by atoms with E-state index in [1.807, 2.05) is 31.2 Å². The summed E-state index contributed by atoms with van der Waals surface area (Å²) < 4.78 is 11.2. The highest BCUT2D eigenvalue weighted by Crippen LogP contribution is 2.43. The lowest BCUT2D eigenvalue weighted by Gasteiger charge is -2.32. The molecular weight excluding hydrogens is 302 g/mol. The summed E-state index contributed by atoms with van der Waals surface area (Å²) in [6.45, 7) is 6.22. The van der Waals surface area contributed by atoms with Crippen molar-refractivity contribution < 1.29 is 9.15 Å². The first kappa shape index (κ1) is 14.8. The molecule has 24 heavy (non-hydrogen) atoms. The Hall–Kier alpha value is -2.75. The van der Waals surface area contributed by atoms with Crippen LogP contribution in [0.5, 0.6) is 5.75 Å². The predicted molar refractivity (Wildman–Crippen MR) is 97.9 cm³/mol. The average Bonchev–Trinajstić information content (AvgIpc) is 2.52. The fourth-order valence-corrected chi connectivity index (χ4v) is 3.71. The fourth-order valence-electron chi connectivity index (χ4n) is 3.71. The standard InChI is InChI=1S/C20H19NO3/c1-11-10-20(2,3)21-13-9-15(23-4)17-12-7-5-6-8-14(12)24-19(22)18(17)16(11)13/h5-10,21H,1-4H3. The number of ether oxygens (including phenoxy) is 1. The predicted octanol–water partition coefficient (Wildman–Crippen LogP) is 4.56. The number of methoxy groups -OCH3 is 1. The number of fused-ring (bicyclic) bond motifs is 5. The second-order valence-electron chi connectivity index (χ2n) is 6.81. The van der Waals surface area contributed by atoms with Gasteiger partial charge in [0.1, 0.15) is 11.3 Å². The minimum atomic E-state index is -0.340. The second kappa shape index (κ2) is 4.87. The Morgan fingerprint density at radius 3 is 2.67 bits per heavy atom. The van der Waals surface area contributed by atoms with Crippen LogP contribution in [0.2, 0.25) is 0 Å². The Kier molecular flexibility index (Phi) is 3.01. The molecule has 0 radical (unpaired) electrons. The molecule has 1 aliphatic rings. The monoisotopic (exact) mass is 321 g/mol. The lowest BCUT2D eigenvalue weighted by molar-refractivity contribution is 0.420. The van der Waals surface area contributed by atoms with E-state index in [4.69, 9.17) is 9.15 Å². The largest absolute Gasteiger partial charge is 0.496 e. The van der Waals surface area contributed by atoms with Gasteiger partial charge in [0.05, 0.1) is 18.0 Å². The molecule has 0 fully saturated rings. The molecule has 0 saturated heterocycles. The minimum absolute atomic E-state index is 0.188. The van der Waals surface area contributed by atoms with Crippen LogP contribution < -0.4 is 15.7 Å². The third kappa shape index (κ3) is 2.03. The molecule has 0 saturated carbocycles. The SMILES string of the molecule is COc1cc2c(c3c(=O)oc4ccccc4c13)C(C)=CC(C)(C)N2. The maximum Gasteiger partial charge on any atom is 0.345 e. The van der Waals surface area contributed by atoms with Crippen LogP contribution in [0.25, 0.3) is 27.3 Å². The number of para-hydroxylation sites is 1. The van der Waals surface area contributed by atoms with Crippen molar-refractivity contribution >= 4 is 33.0 Å². The van der Waals surface area contributed by atoms with Crippen molar-refractivity contribution in [1.29, 1.82) is 0 Å². The third-order valence-corrected chi connectivity index (χ3v) is 4.50. The first-order valence-electron chi connectivity index (χ1n) is 7.96. The third-order valence-electron chi connectivity index (χ3n) is 4.50. The van der Waals surface area contributed by atoms with E-state index in [0.29, 0.717) is 16.7 Å². The van der Waals surface area contributed by atoms with Gasteiger partial charge in [-0.05, 0) is 32.4 Å². The van der Waals surface area contributed by atoms with E-state index >= 15 is 0 Å². The van der Waals surface area contributed by atoms with Gasteiger partial charge < -0.3 is 14.5 Å². The first-order chi connectivity index (χ1) is 11.4. The molecule has 1 N–H and O–H groups in total. The van der Waals surface area contributed by atoms with Crippen LogP contribution in [0, 0.1) is 0 Å². The molecular formula is C20H19NO3. The van der Waals surface area contributed by atoms with Crippen LogP contribution in [0.15, 0.2) is 45.6 Å². The van der Waals surface area contributed by atoms with E-state index in [1.54, 1.807) is 13.2 Å². The van der Waals surface area contributed by atoms with Crippen molar-refractivity contribution in [2.24, 2.45) is 0 Å². The van der Waals surface area contributed by atoms with Crippen LogP contribution in [0.1, 0.15) is 26.3 Å². The van der Waals surface area contributed by atoms with E-state index in [-0.39, 0.29) is 11.2 Å². The fraction of sp³-hybridized carbons (Fsp3) is 0.250. The van der Waals surface area contributed by atoms with Gasteiger partial charge in [-0.3, -0.25) is 0 Å². The van der Waals surface area contributed by atoms with Crippen molar-refractivity contribution in [3.63, 3.8) is 0 Å². The van der Waals surface area contributed by atoms with Gasteiger partial charge in [0.25, 0.3) is 0 Å². The van der Waals surface area contributed by atoms with Crippen molar-refractivity contribution in [3.8, 4) is 5.75 Å². The zero-order valence-electron chi connectivity index (χ0n) is 14.2. The number of benzene rings is 2. The van der Waals surface area contributed by atoms with Crippen LogP contribution in [0.4, 0.5) is 5.69 Å². The van der Waals surface area contributed by atoms with Crippen molar-refractivity contribution in [2.45, 2.75) is 26.3 Å². The van der Waals surface area contributed by atoms with E-state index in [9.17, 15) is 4.79 Å². The summed E-state index contributed by atoms with van der Waals surface area (Å²) >= 11 is 0. The van der Waals surface area contributed by atoms with Crippen LogP contribution in [0.3, 0.4) is 0 Å². The second-order valence-corrected chi connectivity index (χ2v) is 6.81. The van der Waals surface area contributed by atoms with E-state index in [1.165, 1.54) is 0 Å². The maximum atomic E-state index is 12.8. The Morgan fingerprint density at radius 2 is 1.92 bits per heavy atom. The molecule has 0 unspecified atom stereocenters. The smallest absolute Gasteiger partial charge is 0.345 e. The first-order valence-corrected chi connectivity index (χ1v) is 7.96. The van der Waals surface area contributed by atoms with E-state index < -0.39 is 0 Å².